The van der Waals surface area contributed by atoms with Crippen molar-refractivity contribution in [1.82, 2.24) is 10.3 Å². The molecule has 0 fully saturated rings. The molecule has 0 aliphatic carbocycles. The number of amides is 2. The highest BCUT2D eigenvalue weighted by molar-refractivity contribution is 7.14. The first-order valence-corrected chi connectivity index (χ1v) is 8.71. The minimum Gasteiger partial charge on any atom is -0.497 e. The van der Waals surface area contributed by atoms with Crippen molar-refractivity contribution in [3.63, 3.8) is 0 Å². The minimum absolute atomic E-state index is 0.135. The van der Waals surface area contributed by atoms with Crippen LogP contribution in [0.25, 0.3) is 0 Å². The van der Waals surface area contributed by atoms with E-state index in [9.17, 15) is 9.59 Å². The predicted octanol–water partition coefficient (Wildman–Crippen LogP) is 2.86. The third-order valence-corrected chi connectivity index (χ3v) is 4.31. The summed E-state index contributed by atoms with van der Waals surface area (Å²) in [5, 5.41) is 7.67. The molecule has 0 saturated carbocycles. The lowest BCUT2D eigenvalue weighted by atomic mass is 10.2. The van der Waals surface area contributed by atoms with Crippen molar-refractivity contribution in [2.45, 2.75) is 13.0 Å². The SMILES string of the molecule is COc1ccc(C(=O)Nc2nc(CC(=O)NCc3ccco3)cs2)cc1. The summed E-state index contributed by atoms with van der Waals surface area (Å²) in [5.74, 6) is 0.929. The number of nitrogens with one attached hydrogen (secondary N) is 2. The summed E-state index contributed by atoms with van der Waals surface area (Å²) in [6, 6.07) is 10.3. The average Bonchev–Trinajstić information content (AvgIpc) is 3.32. The molecule has 8 heteroatoms. The van der Waals surface area contributed by atoms with Crippen molar-refractivity contribution in [3.05, 3.63) is 65.1 Å². The molecule has 3 aromatic rings. The highest BCUT2D eigenvalue weighted by Gasteiger charge is 2.11. The van der Waals surface area contributed by atoms with Gasteiger partial charge in [0.05, 0.1) is 32.0 Å². The summed E-state index contributed by atoms with van der Waals surface area (Å²) in [7, 11) is 1.57. The van der Waals surface area contributed by atoms with Crippen LogP contribution in [0.15, 0.2) is 52.5 Å². The number of hydrogen-bond donors (Lipinski definition) is 2. The number of aromatic nitrogens is 1. The summed E-state index contributed by atoms with van der Waals surface area (Å²) < 4.78 is 10.2. The third-order valence-electron chi connectivity index (χ3n) is 3.51. The van der Waals surface area contributed by atoms with Crippen LogP contribution >= 0.6 is 11.3 Å². The van der Waals surface area contributed by atoms with Gasteiger partial charge in [0.15, 0.2) is 5.13 Å². The molecule has 0 aliphatic heterocycles. The Labute approximate surface area is 154 Å². The maximum absolute atomic E-state index is 12.2. The molecular formula is C18H17N3O4S. The van der Waals surface area contributed by atoms with Crippen molar-refractivity contribution in [2.24, 2.45) is 0 Å². The van der Waals surface area contributed by atoms with E-state index in [0.29, 0.717) is 34.4 Å². The van der Waals surface area contributed by atoms with Gasteiger partial charge in [0, 0.05) is 10.9 Å². The molecule has 0 atom stereocenters. The van der Waals surface area contributed by atoms with Gasteiger partial charge in [-0.3, -0.25) is 14.9 Å². The zero-order valence-corrected chi connectivity index (χ0v) is 14.8. The summed E-state index contributed by atoms with van der Waals surface area (Å²) in [6.45, 7) is 0.330. The number of hydrogen-bond acceptors (Lipinski definition) is 6. The molecule has 2 N–H and O–H groups in total. The van der Waals surface area contributed by atoms with Gasteiger partial charge < -0.3 is 14.5 Å². The first kappa shape index (κ1) is 17.7. The minimum atomic E-state index is -0.268. The Kier molecular flexibility index (Phi) is 5.65. The summed E-state index contributed by atoms with van der Waals surface area (Å²) in [6.07, 6.45) is 1.69. The number of furan rings is 1. The lowest BCUT2D eigenvalue weighted by molar-refractivity contribution is -0.120. The number of rotatable bonds is 7. The molecule has 7 nitrogen and oxygen atoms in total. The van der Waals surface area contributed by atoms with Crippen LogP contribution in [-0.4, -0.2) is 23.9 Å². The van der Waals surface area contributed by atoms with Gasteiger partial charge in [0.2, 0.25) is 5.91 Å². The number of nitrogens with zero attached hydrogens (tertiary/aromatic N) is 1. The first-order valence-electron chi connectivity index (χ1n) is 7.83. The highest BCUT2D eigenvalue weighted by atomic mass is 32.1. The standard InChI is InChI=1S/C18H17N3O4S/c1-24-14-6-4-12(5-7-14)17(23)21-18-20-13(11-26-18)9-16(22)19-10-15-3-2-8-25-15/h2-8,11H,9-10H2,1H3,(H,19,22)(H,20,21,23). The Bertz CT molecular complexity index is 872. The van der Waals surface area contributed by atoms with Crippen LogP contribution in [0, 0.1) is 0 Å². The maximum Gasteiger partial charge on any atom is 0.257 e. The smallest absolute Gasteiger partial charge is 0.257 e. The van der Waals surface area contributed by atoms with E-state index in [-0.39, 0.29) is 18.2 Å². The van der Waals surface area contributed by atoms with Crippen LogP contribution in [0.2, 0.25) is 0 Å². The molecule has 0 radical (unpaired) electrons. The van der Waals surface area contributed by atoms with Gasteiger partial charge >= 0.3 is 0 Å². The van der Waals surface area contributed by atoms with Crippen molar-refractivity contribution in [1.29, 1.82) is 0 Å². The lowest BCUT2D eigenvalue weighted by Gasteiger charge is -2.03. The lowest BCUT2D eigenvalue weighted by Crippen LogP contribution is -2.24. The van der Waals surface area contributed by atoms with Gasteiger partial charge in [0.25, 0.3) is 5.91 Å². The highest BCUT2D eigenvalue weighted by Crippen LogP contribution is 2.18. The van der Waals surface area contributed by atoms with Crippen molar-refractivity contribution in [2.75, 3.05) is 12.4 Å². The Morgan fingerprint density at radius 3 is 2.73 bits per heavy atom. The quantitative estimate of drug-likeness (QED) is 0.666. The Morgan fingerprint density at radius 2 is 2.04 bits per heavy atom. The molecule has 2 heterocycles. The molecule has 134 valence electrons. The molecule has 2 amide bonds. The van der Waals surface area contributed by atoms with Gasteiger partial charge in [-0.25, -0.2) is 4.98 Å². The zero-order chi connectivity index (χ0) is 18.4. The molecule has 26 heavy (non-hydrogen) atoms. The van der Waals surface area contributed by atoms with E-state index in [1.807, 2.05) is 0 Å². The fraction of sp³-hybridized carbons (Fsp3) is 0.167. The second-order valence-corrected chi connectivity index (χ2v) is 6.22. The van der Waals surface area contributed by atoms with Crippen molar-refractivity contribution in [3.8, 4) is 5.75 Å². The Hall–Kier alpha value is -3.13. The third kappa shape index (κ3) is 4.70. The normalized spacial score (nSPS) is 10.3. The van der Waals surface area contributed by atoms with E-state index in [4.69, 9.17) is 9.15 Å². The van der Waals surface area contributed by atoms with E-state index >= 15 is 0 Å². The average molecular weight is 371 g/mol. The van der Waals surface area contributed by atoms with Gasteiger partial charge in [-0.15, -0.1) is 11.3 Å². The van der Waals surface area contributed by atoms with Crippen LogP contribution in [0.3, 0.4) is 0 Å². The van der Waals surface area contributed by atoms with Gasteiger partial charge in [-0.05, 0) is 36.4 Å². The maximum atomic E-state index is 12.2. The van der Waals surface area contributed by atoms with Gasteiger partial charge in [-0.1, -0.05) is 0 Å². The largest absolute Gasteiger partial charge is 0.497 e. The van der Waals surface area contributed by atoms with E-state index < -0.39 is 0 Å². The van der Waals surface area contributed by atoms with E-state index in [0.717, 1.165) is 0 Å². The number of benzene rings is 1. The van der Waals surface area contributed by atoms with Crippen LogP contribution < -0.4 is 15.4 Å². The van der Waals surface area contributed by atoms with E-state index in [2.05, 4.69) is 15.6 Å². The summed E-state index contributed by atoms with van der Waals surface area (Å²) in [5.41, 5.74) is 1.09. The first-order chi connectivity index (χ1) is 12.6. The molecule has 0 bridgehead atoms. The van der Waals surface area contributed by atoms with Crippen molar-refractivity contribution < 1.29 is 18.7 Å². The van der Waals surface area contributed by atoms with Crippen LogP contribution in [0.5, 0.6) is 5.75 Å². The Balaban J connectivity index is 1.52. The van der Waals surface area contributed by atoms with Crippen molar-refractivity contribution >= 4 is 28.3 Å². The summed E-state index contributed by atoms with van der Waals surface area (Å²) >= 11 is 1.27. The summed E-state index contributed by atoms with van der Waals surface area (Å²) in [4.78, 5) is 28.4. The van der Waals surface area contributed by atoms with Gasteiger partial charge in [-0.2, -0.15) is 0 Å². The molecule has 2 aromatic heterocycles. The number of methoxy groups -OCH3 is 1. The van der Waals surface area contributed by atoms with E-state index in [1.165, 1.54) is 11.3 Å². The molecule has 0 aliphatic rings. The molecule has 0 spiro atoms. The van der Waals surface area contributed by atoms with Crippen LogP contribution in [0.1, 0.15) is 21.8 Å². The number of carbonyl (C=O) groups is 2. The van der Waals surface area contributed by atoms with E-state index in [1.54, 1.807) is 55.2 Å². The number of ether oxygens (including phenoxy) is 1. The molecule has 0 saturated heterocycles. The van der Waals surface area contributed by atoms with Crippen LogP contribution in [0.4, 0.5) is 5.13 Å². The fourth-order valence-corrected chi connectivity index (χ4v) is 2.89. The number of carbonyl (C=O) groups excluding carboxylic acids is 2. The molecule has 0 unspecified atom stereocenters. The molecule has 1 aromatic carbocycles. The molecule has 3 rings (SSSR count). The second-order valence-electron chi connectivity index (χ2n) is 5.36. The predicted molar refractivity (Wildman–Crippen MR) is 97.3 cm³/mol. The number of thiazole rings is 1. The zero-order valence-electron chi connectivity index (χ0n) is 14.0. The molecular weight excluding hydrogens is 354 g/mol. The Morgan fingerprint density at radius 1 is 1.23 bits per heavy atom. The van der Waals surface area contributed by atoms with Crippen LogP contribution in [-0.2, 0) is 17.8 Å². The monoisotopic (exact) mass is 371 g/mol. The van der Waals surface area contributed by atoms with Gasteiger partial charge in [0.1, 0.15) is 11.5 Å². The number of anilines is 1. The second kappa shape index (κ2) is 8.30. The topological polar surface area (TPSA) is 93.5 Å². The fourth-order valence-electron chi connectivity index (χ4n) is 2.18.